The van der Waals surface area contributed by atoms with E-state index in [1.807, 2.05) is 19.1 Å². The number of hydrogen-bond donors (Lipinski definition) is 0. The van der Waals surface area contributed by atoms with Crippen LogP contribution in [0.15, 0.2) is 60.7 Å². The third-order valence-electron chi connectivity index (χ3n) is 4.15. The molecule has 0 atom stereocenters. The van der Waals surface area contributed by atoms with Crippen LogP contribution in [0.3, 0.4) is 0 Å². The highest BCUT2D eigenvalue weighted by Crippen LogP contribution is 2.25. The monoisotopic (exact) mass is 370 g/mol. The Morgan fingerprint density at radius 3 is 2.44 bits per heavy atom. The van der Waals surface area contributed by atoms with Gasteiger partial charge in [0, 0.05) is 5.39 Å². The number of fused-ring (bicyclic) bond motifs is 1. The van der Waals surface area contributed by atoms with Crippen LogP contribution in [0.5, 0.6) is 5.75 Å². The average Bonchev–Trinajstić information content (AvgIpc) is 2.61. The molecule has 3 aromatic rings. The van der Waals surface area contributed by atoms with Crippen LogP contribution in [-0.2, 0) is 6.42 Å². The number of ether oxygens (including phenoxy) is 1. The second kappa shape index (κ2) is 8.08. The molecule has 0 unspecified atom stereocenters. The maximum atomic E-state index is 14.3. The lowest BCUT2D eigenvalue weighted by Crippen LogP contribution is -2.13. The zero-order valence-electron chi connectivity index (χ0n) is 14.6. The van der Waals surface area contributed by atoms with Gasteiger partial charge < -0.3 is 4.74 Å². The fraction of sp³-hybridized carbons (Fsp3) is 0.136. The fourth-order valence-electron chi connectivity index (χ4n) is 2.83. The first kappa shape index (κ1) is 18.7. The molecular formula is C22H17F3O2. The predicted molar refractivity (Wildman–Crippen MR) is 98.4 cm³/mol. The summed E-state index contributed by atoms with van der Waals surface area (Å²) in [6.45, 7) is 1.86. The van der Waals surface area contributed by atoms with Crippen molar-refractivity contribution < 1.29 is 22.7 Å². The normalized spacial score (nSPS) is 11.3. The summed E-state index contributed by atoms with van der Waals surface area (Å²) in [5.74, 6) is -3.41. The van der Waals surface area contributed by atoms with Crippen LogP contribution in [0, 0.1) is 17.5 Å². The average molecular weight is 370 g/mol. The predicted octanol–water partition coefficient (Wildman–Crippen LogP) is 5.99. The van der Waals surface area contributed by atoms with Gasteiger partial charge in [-0.3, -0.25) is 0 Å². The largest absolute Gasteiger partial charge is 0.423 e. The molecule has 138 valence electrons. The Bertz CT molecular complexity index is 1000. The van der Waals surface area contributed by atoms with Crippen molar-refractivity contribution in [1.29, 1.82) is 0 Å². The Kier molecular flexibility index (Phi) is 5.60. The van der Waals surface area contributed by atoms with Gasteiger partial charge in [0.25, 0.3) is 0 Å². The van der Waals surface area contributed by atoms with Gasteiger partial charge in [0.1, 0.15) is 28.8 Å². The van der Waals surface area contributed by atoms with Gasteiger partial charge in [-0.05, 0) is 67.1 Å². The molecule has 0 saturated carbocycles. The summed E-state index contributed by atoms with van der Waals surface area (Å²) < 4.78 is 47.3. The molecule has 0 N–H and O–H groups in total. The molecule has 2 nitrogen and oxygen atoms in total. The molecule has 0 spiro atoms. The number of carbonyl (C=O) groups excluding carboxylic acids is 1. The fourth-order valence-corrected chi connectivity index (χ4v) is 2.83. The van der Waals surface area contributed by atoms with Gasteiger partial charge in [-0.15, -0.1) is 0 Å². The second-order valence-electron chi connectivity index (χ2n) is 6.05. The Morgan fingerprint density at radius 1 is 1.00 bits per heavy atom. The standard InChI is InChI=1S/C22H17F3O2/c1-2-3-4-6-14-11-19(24)21(20(25)12-14)22(26)27-16-9-10-17-15(13-16)7-5-8-18(17)23/h2-3,5,7-13H,4,6H2,1H3/b3-2+. The Morgan fingerprint density at radius 2 is 1.74 bits per heavy atom. The number of halogens is 3. The molecular weight excluding hydrogens is 353 g/mol. The van der Waals surface area contributed by atoms with Crippen molar-refractivity contribution >= 4 is 16.7 Å². The Balaban J connectivity index is 1.83. The number of allylic oxidation sites excluding steroid dienone is 2. The molecule has 0 saturated heterocycles. The quantitative estimate of drug-likeness (QED) is 0.313. The van der Waals surface area contributed by atoms with Crippen LogP contribution in [0.25, 0.3) is 10.8 Å². The maximum Gasteiger partial charge on any atom is 0.349 e. The zero-order valence-corrected chi connectivity index (χ0v) is 14.6. The van der Waals surface area contributed by atoms with E-state index >= 15 is 0 Å². The van der Waals surface area contributed by atoms with Crippen molar-refractivity contribution in [3.63, 3.8) is 0 Å². The van der Waals surface area contributed by atoms with Crippen LogP contribution < -0.4 is 4.74 Å². The highest BCUT2D eigenvalue weighted by Gasteiger charge is 2.21. The van der Waals surface area contributed by atoms with Crippen molar-refractivity contribution in [3.8, 4) is 5.75 Å². The van der Waals surface area contributed by atoms with E-state index in [0.717, 1.165) is 12.1 Å². The minimum absolute atomic E-state index is 0.0778. The van der Waals surface area contributed by atoms with E-state index in [4.69, 9.17) is 4.74 Å². The van der Waals surface area contributed by atoms with E-state index in [1.54, 1.807) is 6.07 Å². The summed E-state index contributed by atoms with van der Waals surface area (Å²) >= 11 is 0. The van der Waals surface area contributed by atoms with Gasteiger partial charge in [-0.2, -0.15) is 0 Å². The molecule has 3 aromatic carbocycles. The van der Waals surface area contributed by atoms with Gasteiger partial charge in [-0.25, -0.2) is 18.0 Å². The van der Waals surface area contributed by atoms with Gasteiger partial charge in [0.15, 0.2) is 0 Å². The molecule has 0 fully saturated rings. The lowest BCUT2D eigenvalue weighted by atomic mass is 10.1. The number of carbonyl (C=O) groups is 1. The molecule has 0 bridgehead atoms. The van der Waals surface area contributed by atoms with Crippen LogP contribution in [0.2, 0.25) is 0 Å². The van der Waals surface area contributed by atoms with E-state index in [0.29, 0.717) is 29.2 Å². The van der Waals surface area contributed by atoms with Gasteiger partial charge >= 0.3 is 5.97 Å². The summed E-state index contributed by atoms with van der Waals surface area (Å²) in [6, 6.07) is 11.0. The second-order valence-corrected chi connectivity index (χ2v) is 6.05. The zero-order chi connectivity index (χ0) is 19.4. The van der Waals surface area contributed by atoms with Crippen molar-refractivity contribution in [3.05, 3.63) is 89.3 Å². The van der Waals surface area contributed by atoms with Crippen molar-refractivity contribution in [2.24, 2.45) is 0 Å². The number of rotatable bonds is 5. The molecule has 0 aromatic heterocycles. The smallest absolute Gasteiger partial charge is 0.349 e. The number of hydrogen-bond acceptors (Lipinski definition) is 2. The molecule has 27 heavy (non-hydrogen) atoms. The van der Waals surface area contributed by atoms with Gasteiger partial charge in [0.05, 0.1) is 0 Å². The molecule has 0 heterocycles. The Hall–Kier alpha value is -3.08. The van der Waals surface area contributed by atoms with Crippen molar-refractivity contribution in [2.75, 3.05) is 0 Å². The van der Waals surface area contributed by atoms with Crippen LogP contribution in [-0.4, -0.2) is 5.97 Å². The molecule has 5 heteroatoms. The van der Waals surface area contributed by atoms with Crippen LogP contribution in [0.1, 0.15) is 29.3 Å². The molecule has 3 rings (SSSR count). The minimum Gasteiger partial charge on any atom is -0.423 e. The number of aryl methyl sites for hydroxylation is 1. The molecule has 0 radical (unpaired) electrons. The van der Waals surface area contributed by atoms with E-state index in [-0.39, 0.29) is 5.75 Å². The third kappa shape index (κ3) is 4.19. The van der Waals surface area contributed by atoms with E-state index in [9.17, 15) is 18.0 Å². The summed E-state index contributed by atoms with van der Waals surface area (Å²) in [5, 5.41) is 0.876. The van der Waals surface area contributed by atoms with Crippen LogP contribution in [0.4, 0.5) is 13.2 Å². The van der Waals surface area contributed by atoms with Crippen LogP contribution >= 0.6 is 0 Å². The topological polar surface area (TPSA) is 26.3 Å². The molecule has 0 amide bonds. The minimum atomic E-state index is -1.14. The highest BCUT2D eigenvalue weighted by atomic mass is 19.1. The van der Waals surface area contributed by atoms with Gasteiger partial charge in [-0.1, -0.05) is 24.3 Å². The van der Waals surface area contributed by atoms with E-state index < -0.39 is 29.0 Å². The van der Waals surface area contributed by atoms with Crippen molar-refractivity contribution in [2.45, 2.75) is 19.8 Å². The first-order valence-electron chi connectivity index (χ1n) is 8.49. The molecule has 0 aliphatic rings. The summed E-state index contributed by atoms with van der Waals surface area (Å²) in [7, 11) is 0. The van der Waals surface area contributed by atoms with Gasteiger partial charge in [0.2, 0.25) is 0 Å². The van der Waals surface area contributed by atoms with Crippen molar-refractivity contribution in [1.82, 2.24) is 0 Å². The number of esters is 1. The Labute approximate surface area is 154 Å². The molecule has 0 aliphatic carbocycles. The summed E-state index contributed by atoms with van der Waals surface area (Å²) in [4.78, 5) is 12.2. The first-order chi connectivity index (χ1) is 13.0. The highest BCUT2D eigenvalue weighted by molar-refractivity contribution is 5.92. The van der Waals surface area contributed by atoms with E-state index in [2.05, 4.69) is 0 Å². The summed E-state index contributed by atoms with van der Waals surface area (Å²) in [6.07, 6.45) is 4.85. The number of benzene rings is 3. The van der Waals surface area contributed by atoms with E-state index in [1.165, 1.54) is 30.3 Å². The lowest BCUT2D eigenvalue weighted by Gasteiger charge is -2.09. The maximum absolute atomic E-state index is 14.3. The lowest BCUT2D eigenvalue weighted by molar-refractivity contribution is 0.0725. The SMILES string of the molecule is C/C=C/CCc1cc(F)c(C(=O)Oc2ccc3c(F)cccc3c2)c(F)c1. The first-order valence-corrected chi connectivity index (χ1v) is 8.49. The molecule has 0 aliphatic heterocycles. The summed E-state index contributed by atoms with van der Waals surface area (Å²) in [5.41, 5.74) is -0.287. The third-order valence-corrected chi connectivity index (χ3v) is 4.15.